The highest BCUT2D eigenvalue weighted by molar-refractivity contribution is 5.99. The average molecular weight is 377 g/mol. The summed E-state index contributed by atoms with van der Waals surface area (Å²) in [5.41, 5.74) is -0.163. The SMILES string of the molecule is C[C@H](OC(=O)c1cccc(NC(=O)OC(C)(C)C)c1)C(=O)N1CCNC1=O. The van der Waals surface area contributed by atoms with Crippen LogP contribution in [0.2, 0.25) is 0 Å². The minimum atomic E-state index is -1.12. The van der Waals surface area contributed by atoms with Crippen LogP contribution in [-0.2, 0) is 14.3 Å². The molecule has 0 unspecified atom stereocenters. The number of ether oxygens (including phenoxy) is 2. The van der Waals surface area contributed by atoms with E-state index >= 15 is 0 Å². The molecule has 9 heteroatoms. The van der Waals surface area contributed by atoms with E-state index in [-0.39, 0.29) is 12.1 Å². The van der Waals surface area contributed by atoms with Crippen molar-refractivity contribution in [2.24, 2.45) is 0 Å². The lowest BCUT2D eigenvalue weighted by Gasteiger charge is -2.20. The lowest BCUT2D eigenvalue weighted by Crippen LogP contribution is -2.41. The molecule has 1 heterocycles. The van der Waals surface area contributed by atoms with Crippen LogP contribution in [0.3, 0.4) is 0 Å². The molecule has 0 spiro atoms. The lowest BCUT2D eigenvalue weighted by molar-refractivity contribution is -0.136. The van der Waals surface area contributed by atoms with Crippen LogP contribution in [-0.4, -0.2) is 53.7 Å². The number of carbonyl (C=O) groups is 4. The summed E-state index contributed by atoms with van der Waals surface area (Å²) in [6.07, 6.45) is -1.78. The molecule has 0 aromatic heterocycles. The molecule has 0 bridgehead atoms. The van der Waals surface area contributed by atoms with Gasteiger partial charge in [0.15, 0.2) is 6.10 Å². The van der Waals surface area contributed by atoms with Gasteiger partial charge in [-0.1, -0.05) is 6.07 Å². The van der Waals surface area contributed by atoms with E-state index in [2.05, 4.69) is 10.6 Å². The molecule has 4 amide bonds. The van der Waals surface area contributed by atoms with Crippen molar-refractivity contribution in [3.05, 3.63) is 29.8 Å². The van der Waals surface area contributed by atoms with Crippen LogP contribution in [0.15, 0.2) is 24.3 Å². The Hall–Kier alpha value is -3.10. The van der Waals surface area contributed by atoms with Gasteiger partial charge in [-0.15, -0.1) is 0 Å². The van der Waals surface area contributed by atoms with Crippen LogP contribution in [0.4, 0.5) is 15.3 Å². The fourth-order valence-electron chi connectivity index (χ4n) is 2.33. The molecule has 1 aromatic rings. The molecule has 146 valence electrons. The third-order valence-electron chi connectivity index (χ3n) is 3.50. The number of carbonyl (C=O) groups excluding carboxylic acids is 4. The van der Waals surface area contributed by atoms with Crippen LogP contribution >= 0.6 is 0 Å². The van der Waals surface area contributed by atoms with Gasteiger partial charge in [-0.2, -0.15) is 0 Å². The number of hydrogen-bond acceptors (Lipinski definition) is 6. The van der Waals surface area contributed by atoms with Crippen molar-refractivity contribution in [3.8, 4) is 0 Å². The van der Waals surface area contributed by atoms with E-state index in [1.54, 1.807) is 32.9 Å². The largest absolute Gasteiger partial charge is 0.449 e. The van der Waals surface area contributed by atoms with Crippen LogP contribution in [0.5, 0.6) is 0 Å². The molecular weight excluding hydrogens is 354 g/mol. The summed E-state index contributed by atoms with van der Waals surface area (Å²) >= 11 is 0. The Kier molecular flexibility index (Phi) is 6.04. The molecule has 0 saturated carbocycles. The van der Waals surface area contributed by atoms with Gasteiger partial charge in [-0.25, -0.2) is 14.4 Å². The predicted molar refractivity (Wildman–Crippen MR) is 96.3 cm³/mol. The zero-order chi connectivity index (χ0) is 20.2. The van der Waals surface area contributed by atoms with Gasteiger partial charge in [0.05, 0.1) is 5.56 Å². The van der Waals surface area contributed by atoms with E-state index in [4.69, 9.17) is 9.47 Å². The van der Waals surface area contributed by atoms with E-state index in [0.717, 1.165) is 4.90 Å². The lowest BCUT2D eigenvalue weighted by atomic mass is 10.2. The van der Waals surface area contributed by atoms with E-state index < -0.39 is 35.7 Å². The number of esters is 1. The van der Waals surface area contributed by atoms with Gasteiger partial charge in [0.25, 0.3) is 5.91 Å². The van der Waals surface area contributed by atoms with Crippen molar-refractivity contribution in [3.63, 3.8) is 0 Å². The summed E-state index contributed by atoms with van der Waals surface area (Å²) in [4.78, 5) is 48.8. The van der Waals surface area contributed by atoms with E-state index in [1.165, 1.54) is 19.1 Å². The smallest absolute Gasteiger partial charge is 0.412 e. The maximum absolute atomic E-state index is 12.3. The van der Waals surface area contributed by atoms with E-state index in [1.807, 2.05) is 0 Å². The quantitative estimate of drug-likeness (QED) is 0.777. The topological polar surface area (TPSA) is 114 Å². The molecule has 1 atom stereocenters. The number of urea groups is 1. The van der Waals surface area contributed by atoms with Crippen molar-refractivity contribution in [2.75, 3.05) is 18.4 Å². The molecule has 2 N–H and O–H groups in total. The second kappa shape index (κ2) is 8.07. The first-order chi connectivity index (χ1) is 12.6. The number of imide groups is 1. The molecule has 1 aliphatic rings. The summed E-state index contributed by atoms with van der Waals surface area (Å²) < 4.78 is 10.3. The van der Waals surface area contributed by atoms with Gasteiger partial charge < -0.3 is 14.8 Å². The average Bonchev–Trinajstić information content (AvgIpc) is 2.98. The summed E-state index contributed by atoms with van der Waals surface area (Å²) in [6.45, 7) is 7.20. The van der Waals surface area contributed by atoms with Gasteiger partial charge in [-0.3, -0.25) is 15.0 Å². The molecule has 2 rings (SSSR count). The van der Waals surface area contributed by atoms with Gasteiger partial charge >= 0.3 is 18.1 Å². The summed E-state index contributed by atoms with van der Waals surface area (Å²) in [5.74, 6) is -1.34. The number of anilines is 1. The van der Waals surface area contributed by atoms with Crippen molar-refractivity contribution in [2.45, 2.75) is 39.4 Å². The highest BCUT2D eigenvalue weighted by atomic mass is 16.6. The van der Waals surface area contributed by atoms with Gasteiger partial charge in [0.2, 0.25) is 0 Å². The maximum Gasteiger partial charge on any atom is 0.412 e. The van der Waals surface area contributed by atoms with Crippen LogP contribution < -0.4 is 10.6 Å². The van der Waals surface area contributed by atoms with Crippen LogP contribution in [0, 0.1) is 0 Å². The van der Waals surface area contributed by atoms with Crippen molar-refractivity contribution in [1.29, 1.82) is 0 Å². The third kappa shape index (κ3) is 5.70. The second-order valence-corrected chi connectivity index (χ2v) is 6.98. The number of nitrogens with one attached hydrogen (secondary N) is 2. The summed E-state index contributed by atoms with van der Waals surface area (Å²) in [5, 5.41) is 5.03. The maximum atomic E-state index is 12.3. The minimum Gasteiger partial charge on any atom is -0.449 e. The zero-order valence-electron chi connectivity index (χ0n) is 15.7. The molecule has 1 aromatic carbocycles. The number of benzene rings is 1. The van der Waals surface area contributed by atoms with Gasteiger partial charge in [0, 0.05) is 18.8 Å². The molecule has 1 saturated heterocycles. The number of rotatable bonds is 4. The van der Waals surface area contributed by atoms with Crippen molar-refractivity contribution >= 4 is 29.7 Å². The molecule has 27 heavy (non-hydrogen) atoms. The number of nitrogens with zero attached hydrogens (tertiary/aromatic N) is 1. The highest BCUT2D eigenvalue weighted by Gasteiger charge is 2.31. The zero-order valence-corrected chi connectivity index (χ0v) is 15.7. The van der Waals surface area contributed by atoms with Gasteiger partial charge in [0.1, 0.15) is 5.60 Å². The Morgan fingerprint density at radius 1 is 1.26 bits per heavy atom. The first kappa shape index (κ1) is 20.2. The molecule has 1 aliphatic heterocycles. The Morgan fingerprint density at radius 3 is 2.56 bits per heavy atom. The molecule has 0 aliphatic carbocycles. The van der Waals surface area contributed by atoms with Crippen molar-refractivity contribution < 1.29 is 28.7 Å². The predicted octanol–water partition coefficient (Wildman–Crippen LogP) is 2.13. The Labute approximate surface area is 157 Å². The van der Waals surface area contributed by atoms with Crippen molar-refractivity contribution in [1.82, 2.24) is 10.2 Å². The Bertz CT molecular complexity index is 756. The molecule has 0 radical (unpaired) electrons. The Morgan fingerprint density at radius 2 is 1.96 bits per heavy atom. The molecule has 9 nitrogen and oxygen atoms in total. The highest BCUT2D eigenvalue weighted by Crippen LogP contribution is 2.15. The fourth-order valence-corrected chi connectivity index (χ4v) is 2.33. The van der Waals surface area contributed by atoms with E-state index in [9.17, 15) is 19.2 Å². The Balaban J connectivity index is 1.99. The summed E-state index contributed by atoms with van der Waals surface area (Å²) in [7, 11) is 0. The second-order valence-electron chi connectivity index (χ2n) is 6.98. The fraction of sp³-hybridized carbons (Fsp3) is 0.444. The van der Waals surface area contributed by atoms with Crippen LogP contribution in [0.25, 0.3) is 0 Å². The first-order valence-corrected chi connectivity index (χ1v) is 8.47. The number of amides is 4. The third-order valence-corrected chi connectivity index (χ3v) is 3.50. The normalized spacial score (nSPS) is 15.0. The monoisotopic (exact) mass is 377 g/mol. The number of hydrogen-bond donors (Lipinski definition) is 2. The molecule has 1 fully saturated rings. The van der Waals surface area contributed by atoms with Gasteiger partial charge in [-0.05, 0) is 45.9 Å². The first-order valence-electron chi connectivity index (χ1n) is 8.47. The molecular formula is C18H23N3O6. The standard InChI is InChI=1S/C18H23N3O6/c1-11(14(22)21-9-8-19-16(21)24)26-15(23)12-6-5-7-13(10-12)20-17(25)27-18(2,3)4/h5-7,10-11H,8-9H2,1-4H3,(H,19,24)(H,20,25)/t11-/m0/s1. The van der Waals surface area contributed by atoms with E-state index in [0.29, 0.717) is 12.2 Å². The summed E-state index contributed by atoms with van der Waals surface area (Å²) in [6, 6.07) is 5.54. The van der Waals surface area contributed by atoms with Crippen LogP contribution in [0.1, 0.15) is 38.1 Å². The minimum absolute atomic E-state index is 0.147.